The van der Waals surface area contributed by atoms with E-state index < -0.39 is 65.9 Å². The van der Waals surface area contributed by atoms with Gasteiger partial charge in [0, 0.05) is 12.8 Å². The van der Waals surface area contributed by atoms with E-state index >= 15 is 0 Å². The van der Waals surface area contributed by atoms with Crippen molar-refractivity contribution in [3.8, 4) is 34.5 Å². The van der Waals surface area contributed by atoms with Crippen molar-refractivity contribution < 1.29 is 57.2 Å². The molecule has 4 aliphatic heterocycles. The molecule has 5 amide bonds. The number of esters is 1. The first-order valence-electron chi connectivity index (χ1n) is 19.5. The lowest BCUT2D eigenvalue weighted by atomic mass is 9.99. The Morgan fingerprint density at radius 1 is 0.714 bits per heavy atom. The number of carbonyl (C=O) groups excluding carboxylic acids is 6. The number of fused-ring (bicyclic) bond motifs is 16. The molecule has 0 fully saturated rings. The maximum Gasteiger partial charge on any atom is 0.408 e. The second-order valence-electron chi connectivity index (χ2n) is 14.5. The maximum absolute atomic E-state index is 14.8. The summed E-state index contributed by atoms with van der Waals surface area (Å²) in [6, 6.07) is 11.5. The summed E-state index contributed by atoms with van der Waals surface area (Å²) in [5, 5.41) is 13.2. The van der Waals surface area contributed by atoms with E-state index in [4.69, 9.17) is 39.9 Å². The summed E-state index contributed by atoms with van der Waals surface area (Å²) in [7, 11) is 3.99. The Morgan fingerprint density at radius 3 is 1.84 bits per heavy atom. The van der Waals surface area contributed by atoms with Crippen molar-refractivity contribution >= 4 is 47.1 Å². The van der Waals surface area contributed by atoms with Gasteiger partial charge in [0.25, 0.3) is 0 Å². The van der Waals surface area contributed by atoms with Gasteiger partial charge in [-0.05, 0) is 77.7 Å². The molecule has 330 valence electrons. The summed E-state index contributed by atoms with van der Waals surface area (Å²) in [5.74, 6) is -3.46. The van der Waals surface area contributed by atoms with Crippen molar-refractivity contribution in [2.24, 2.45) is 0 Å². The molecule has 19 heteroatoms. The number of hydrogen-bond acceptors (Lipinski definition) is 14. The van der Waals surface area contributed by atoms with Gasteiger partial charge >= 0.3 is 12.1 Å². The lowest BCUT2D eigenvalue weighted by Crippen LogP contribution is -2.55. The van der Waals surface area contributed by atoms with E-state index in [1.807, 2.05) is 0 Å². The standard InChI is InChI=1S/C44H47N7O12/c1-6-15-61-44(57)49-30-18-23-7-13-32(28(45)16-23)62-34-20-26-21-35(38(34)59-4)63-33-14-8-24(17-29(33)46)19-31(43(56)60-5)48-41(54)36(25-9-11-27(58-3)12-10-25)51-42(55)37(26)50-39(52)22(2)47-40(30)53/h6-14,16-17,20-22,30-31,36-37H,1,15,18-19,45-46H2,2-5H3,(H,47,53)(H,48,54)(H,49,57)(H,50,52)(H,51,55)/t22-,30+,31-,36+,37+/m0/s1. The Labute approximate surface area is 361 Å². The Balaban J connectivity index is 1.55. The lowest BCUT2D eigenvalue weighted by molar-refractivity contribution is -0.145. The molecular formula is C44H47N7O12. The first-order valence-corrected chi connectivity index (χ1v) is 19.5. The van der Waals surface area contributed by atoms with Gasteiger partial charge in [-0.25, -0.2) is 9.59 Å². The number of rotatable bonds is 7. The van der Waals surface area contributed by atoms with Crippen LogP contribution in [0.2, 0.25) is 0 Å². The predicted molar refractivity (Wildman–Crippen MR) is 227 cm³/mol. The van der Waals surface area contributed by atoms with Crippen LogP contribution in [0.3, 0.4) is 0 Å². The van der Waals surface area contributed by atoms with Crippen LogP contribution in [0.15, 0.2) is 85.5 Å². The molecule has 0 unspecified atom stereocenters. The summed E-state index contributed by atoms with van der Waals surface area (Å²) in [4.78, 5) is 82.9. The topological polar surface area (TPSA) is 270 Å². The first-order chi connectivity index (χ1) is 30.2. The van der Waals surface area contributed by atoms with Gasteiger partial charge in [-0.15, -0.1) is 0 Å². The minimum atomic E-state index is -1.67. The van der Waals surface area contributed by atoms with Crippen LogP contribution >= 0.6 is 0 Å². The molecule has 19 nitrogen and oxygen atoms in total. The van der Waals surface area contributed by atoms with Crippen molar-refractivity contribution in [1.29, 1.82) is 0 Å². The first kappa shape index (κ1) is 44.6. The summed E-state index contributed by atoms with van der Waals surface area (Å²) < 4.78 is 33.9. The van der Waals surface area contributed by atoms with Gasteiger partial charge in [0.2, 0.25) is 29.4 Å². The van der Waals surface area contributed by atoms with Crippen LogP contribution in [0, 0.1) is 0 Å². The highest BCUT2D eigenvalue weighted by Crippen LogP contribution is 2.46. The minimum absolute atomic E-state index is 0.0175. The number of alkyl carbamates (subject to hydrolysis) is 1. The zero-order chi connectivity index (χ0) is 45.4. The second kappa shape index (κ2) is 19.6. The Kier molecular flexibility index (Phi) is 13.9. The fourth-order valence-electron chi connectivity index (χ4n) is 6.85. The number of benzene rings is 4. The summed E-state index contributed by atoms with van der Waals surface area (Å²) >= 11 is 0. The van der Waals surface area contributed by atoms with E-state index in [0.29, 0.717) is 16.9 Å². The zero-order valence-electron chi connectivity index (χ0n) is 34.8. The largest absolute Gasteiger partial charge is 0.497 e. The Hall–Kier alpha value is -7.96. The molecule has 63 heavy (non-hydrogen) atoms. The normalized spacial score (nSPS) is 20.1. The molecule has 4 aromatic carbocycles. The van der Waals surface area contributed by atoms with Gasteiger partial charge in [-0.3, -0.25) is 19.2 Å². The van der Waals surface area contributed by atoms with Crippen LogP contribution in [0.5, 0.6) is 34.5 Å². The molecule has 0 saturated heterocycles. The molecule has 0 radical (unpaired) electrons. The number of nitrogens with one attached hydrogen (secondary N) is 5. The van der Waals surface area contributed by atoms with E-state index in [-0.39, 0.29) is 70.7 Å². The Morgan fingerprint density at radius 2 is 1.29 bits per heavy atom. The summed E-state index contributed by atoms with van der Waals surface area (Å²) in [6.45, 7) is 4.75. The highest BCUT2D eigenvalue weighted by molar-refractivity contribution is 5.97. The monoisotopic (exact) mass is 865 g/mol. The van der Waals surface area contributed by atoms with Crippen molar-refractivity contribution in [2.75, 3.05) is 39.4 Å². The van der Waals surface area contributed by atoms with Crippen LogP contribution < -0.4 is 57.0 Å². The number of carbonyl (C=O) groups is 6. The minimum Gasteiger partial charge on any atom is -0.497 e. The fourth-order valence-corrected chi connectivity index (χ4v) is 6.85. The van der Waals surface area contributed by atoms with E-state index in [1.165, 1.54) is 52.5 Å². The number of ether oxygens (including phenoxy) is 6. The van der Waals surface area contributed by atoms with E-state index in [0.717, 1.165) is 0 Å². The van der Waals surface area contributed by atoms with Gasteiger partial charge in [-0.1, -0.05) is 36.9 Å². The highest BCUT2D eigenvalue weighted by Gasteiger charge is 2.35. The van der Waals surface area contributed by atoms with E-state index in [1.54, 1.807) is 54.6 Å². The molecule has 4 heterocycles. The van der Waals surface area contributed by atoms with Crippen molar-refractivity contribution in [3.05, 3.63) is 108 Å². The third-order valence-electron chi connectivity index (χ3n) is 10.1. The van der Waals surface area contributed by atoms with Gasteiger partial charge in [0.05, 0.1) is 32.7 Å². The molecule has 8 rings (SSSR count). The predicted octanol–water partition coefficient (Wildman–Crippen LogP) is 3.02. The van der Waals surface area contributed by atoms with Gasteiger partial charge < -0.3 is 66.5 Å². The molecular weight excluding hydrogens is 819 g/mol. The number of methoxy groups -OCH3 is 3. The fraction of sp³-hybridized carbons (Fsp3) is 0.273. The van der Waals surface area contributed by atoms with Crippen molar-refractivity contribution in [3.63, 3.8) is 0 Å². The zero-order valence-corrected chi connectivity index (χ0v) is 34.8. The van der Waals surface area contributed by atoms with Crippen LogP contribution in [0.4, 0.5) is 16.2 Å². The quantitative estimate of drug-likeness (QED) is 0.0800. The third kappa shape index (κ3) is 10.5. The third-order valence-corrected chi connectivity index (χ3v) is 10.1. The van der Waals surface area contributed by atoms with Crippen LogP contribution in [-0.4, -0.2) is 81.8 Å². The average Bonchev–Trinajstić information content (AvgIpc) is 3.26. The molecule has 7 bridgehead atoms. The summed E-state index contributed by atoms with van der Waals surface area (Å²) in [6.07, 6.45) is 0.260. The van der Waals surface area contributed by atoms with Crippen molar-refractivity contribution in [1.82, 2.24) is 26.6 Å². The summed E-state index contributed by atoms with van der Waals surface area (Å²) in [5.41, 5.74) is 14.6. The molecule has 0 spiro atoms. The molecule has 5 atom stereocenters. The molecule has 9 N–H and O–H groups in total. The number of amides is 5. The SMILES string of the molecule is C=CCOC(=O)N[C@@H]1Cc2ccc(c(N)c2)Oc2cc3cc(c2OC)Oc2ccc(cc2N)C[C@@H](C(=O)OC)NC(=O)[C@@H](c2ccc(OC)cc2)NC(=O)[C@@H]3NC(=O)[C@H](C)NC1=O. The van der Waals surface area contributed by atoms with E-state index in [9.17, 15) is 28.8 Å². The van der Waals surface area contributed by atoms with E-state index in [2.05, 4.69) is 33.2 Å². The number of hydrogen-bond donors (Lipinski definition) is 7. The van der Waals surface area contributed by atoms with Crippen molar-refractivity contribution in [2.45, 2.75) is 50.0 Å². The van der Waals surface area contributed by atoms with Gasteiger partial charge in [0.1, 0.15) is 42.6 Å². The second-order valence-corrected chi connectivity index (χ2v) is 14.5. The Bertz CT molecular complexity index is 2430. The molecule has 0 aliphatic carbocycles. The average molecular weight is 866 g/mol. The molecule has 4 aliphatic rings. The number of anilines is 2. The highest BCUT2D eigenvalue weighted by atomic mass is 16.6. The molecule has 4 aromatic rings. The van der Waals surface area contributed by atoms with Gasteiger partial charge in [-0.2, -0.15) is 0 Å². The number of nitrogen functional groups attached to an aromatic ring is 2. The van der Waals surface area contributed by atoms with Gasteiger partial charge in [0.15, 0.2) is 23.0 Å². The molecule has 0 aromatic heterocycles. The number of nitrogens with two attached hydrogens (primary N) is 2. The molecule has 0 saturated carbocycles. The maximum atomic E-state index is 14.8. The van der Waals surface area contributed by atoms with Crippen LogP contribution in [0.25, 0.3) is 0 Å². The smallest absolute Gasteiger partial charge is 0.408 e. The lowest BCUT2D eigenvalue weighted by Gasteiger charge is -2.28. The van der Waals surface area contributed by atoms with Crippen LogP contribution in [0.1, 0.15) is 41.3 Å². The van der Waals surface area contributed by atoms with Crippen LogP contribution in [-0.2, 0) is 46.3 Å².